The molecule has 4 rings (SSSR count). The van der Waals surface area contributed by atoms with Gasteiger partial charge in [0.25, 0.3) is 0 Å². The molecule has 2 aromatic rings. The molecule has 1 saturated carbocycles. The zero-order valence-corrected chi connectivity index (χ0v) is 13.5. The van der Waals surface area contributed by atoms with E-state index in [0.29, 0.717) is 0 Å². The summed E-state index contributed by atoms with van der Waals surface area (Å²) in [6.45, 7) is 0. The Labute approximate surface area is 138 Å². The number of rotatable bonds is 2. The predicted octanol–water partition coefficient (Wildman–Crippen LogP) is 4.98. The van der Waals surface area contributed by atoms with Gasteiger partial charge < -0.3 is 5.43 Å². The maximum absolute atomic E-state index is 4.83. The third-order valence-electron chi connectivity index (χ3n) is 5.49. The summed E-state index contributed by atoms with van der Waals surface area (Å²) in [7, 11) is 0. The average Bonchev–Trinajstić information content (AvgIpc) is 2.95. The first kappa shape index (κ1) is 14.5. The van der Waals surface area contributed by atoms with Crippen molar-refractivity contribution >= 4 is 5.71 Å². The Morgan fingerprint density at radius 3 is 2.30 bits per heavy atom. The lowest BCUT2D eigenvalue weighted by Crippen LogP contribution is -2.41. The van der Waals surface area contributed by atoms with Crippen LogP contribution in [0.5, 0.6) is 0 Å². The molecule has 2 atom stereocenters. The van der Waals surface area contributed by atoms with Crippen LogP contribution in [-0.4, -0.2) is 5.71 Å². The van der Waals surface area contributed by atoms with Gasteiger partial charge in [-0.2, -0.15) is 5.10 Å². The monoisotopic (exact) mass is 304 g/mol. The van der Waals surface area contributed by atoms with E-state index in [-0.39, 0.29) is 11.5 Å². The molecule has 0 bridgehead atoms. The summed E-state index contributed by atoms with van der Waals surface area (Å²) >= 11 is 0. The molecule has 0 amide bonds. The van der Waals surface area contributed by atoms with Crippen LogP contribution in [0, 0.1) is 0 Å². The Bertz CT molecular complexity index is 678. The Hall–Kier alpha value is -2.09. The lowest BCUT2D eigenvalue weighted by atomic mass is 9.64. The largest absolute Gasteiger partial charge is 0.301 e. The van der Waals surface area contributed by atoms with Gasteiger partial charge >= 0.3 is 0 Å². The molecule has 1 aliphatic carbocycles. The lowest BCUT2D eigenvalue weighted by Gasteiger charge is -2.38. The van der Waals surface area contributed by atoms with Gasteiger partial charge in [0.2, 0.25) is 0 Å². The highest BCUT2D eigenvalue weighted by atomic mass is 15.3. The van der Waals surface area contributed by atoms with Crippen molar-refractivity contribution in [2.45, 2.75) is 50.0 Å². The summed E-state index contributed by atoms with van der Waals surface area (Å²) in [5, 5.41) is 4.83. The summed E-state index contributed by atoms with van der Waals surface area (Å²) in [4.78, 5) is 0. The summed E-state index contributed by atoms with van der Waals surface area (Å²) in [5.41, 5.74) is 7.63. The molecule has 2 nitrogen and oxygen atoms in total. The zero-order chi connectivity index (χ0) is 15.5. The molecule has 1 heterocycles. The molecule has 2 unspecified atom stereocenters. The first-order chi connectivity index (χ1) is 11.4. The second-order valence-electron chi connectivity index (χ2n) is 6.78. The van der Waals surface area contributed by atoms with Crippen LogP contribution >= 0.6 is 0 Å². The number of hydrazone groups is 1. The van der Waals surface area contributed by atoms with Gasteiger partial charge in [-0.3, -0.25) is 0 Å². The Balaban J connectivity index is 1.84. The fourth-order valence-corrected chi connectivity index (χ4v) is 4.35. The molecule has 1 aliphatic heterocycles. The highest BCUT2D eigenvalue weighted by Gasteiger charge is 2.48. The van der Waals surface area contributed by atoms with Crippen molar-refractivity contribution in [2.75, 3.05) is 0 Å². The molecule has 0 saturated heterocycles. The lowest BCUT2D eigenvalue weighted by molar-refractivity contribution is 0.377. The number of nitrogens with one attached hydrogen (secondary N) is 1. The van der Waals surface area contributed by atoms with Crippen molar-refractivity contribution in [1.82, 2.24) is 5.43 Å². The van der Waals surface area contributed by atoms with Crippen molar-refractivity contribution in [2.24, 2.45) is 5.10 Å². The van der Waals surface area contributed by atoms with Crippen molar-refractivity contribution in [3.05, 3.63) is 71.8 Å². The van der Waals surface area contributed by atoms with E-state index in [1.54, 1.807) is 0 Å². The van der Waals surface area contributed by atoms with Gasteiger partial charge in [0.15, 0.2) is 0 Å². The van der Waals surface area contributed by atoms with E-state index in [0.717, 1.165) is 6.42 Å². The van der Waals surface area contributed by atoms with Crippen LogP contribution in [0.3, 0.4) is 0 Å². The van der Waals surface area contributed by atoms with Gasteiger partial charge in [-0.1, -0.05) is 79.9 Å². The van der Waals surface area contributed by atoms with E-state index >= 15 is 0 Å². The van der Waals surface area contributed by atoms with E-state index < -0.39 is 0 Å². The number of fused-ring (bicyclic) bond motifs is 1. The first-order valence-corrected chi connectivity index (χ1v) is 8.84. The fourth-order valence-electron chi connectivity index (χ4n) is 4.35. The Kier molecular flexibility index (Phi) is 3.90. The molecular formula is C21H24N2. The van der Waals surface area contributed by atoms with E-state index in [2.05, 4.69) is 66.1 Å². The van der Waals surface area contributed by atoms with E-state index in [4.69, 9.17) is 5.10 Å². The first-order valence-electron chi connectivity index (χ1n) is 8.84. The van der Waals surface area contributed by atoms with Gasteiger partial charge in [0, 0.05) is 0 Å². The van der Waals surface area contributed by atoms with Crippen LogP contribution < -0.4 is 5.43 Å². The molecule has 0 radical (unpaired) electrons. The maximum atomic E-state index is 4.83. The van der Waals surface area contributed by atoms with Crippen molar-refractivity contribution in [1.29, 1.82) is 0 Å². The highest BCUT2D eigenvalue weighted by molar-refractivity contribution is 5.97. The van der Waals surface area contributed by atoms with E-state index in [9.17, 15) is 0 Å². The van der Waals surface area contributed by atoms with Gasteiger partial charge in [-0.05, 0) is 30.4 Å². The second-order valence-corrected chi connectivity index (χ2v) is 6.78. The van der Waals surface area contributed by atoms with Crippen molar-refractivity contribution < 1.29 is 0 Å². The number of benzene rings is 2. The third-order valence-corrected chi connectivity index (χ3v) is 5.49. The smallest absolute Gasteiger partial charge is 0.0839 e. The van der Waals surface area contributed by atoms with Crippen LogP contribution in [0.4, 0.5) is 0 Å². The van der Waals surface area contributed by atoms with Crippen LogP contribution in [0.2, 0.25) is 0 Å². The minimum absolute atomic E-state index is 0.0169. The zero-order valence-electron chi connectivity index (χ0n) is 13.5. The summed E-state index contributed by atoms with van der Waals surface area (Å²) in [5.74, 6) is 0. The van der Waals surface area contributed by atoms with E-state index in [1.165, 1.54) is 48.9 Å². The summed E-state index contributed by atoms with van der Waals surface area (Å²) in [6.07, 6.45) is 7.51. The number of nitrogens with zero attached hydrogens (tertiary/aromatic N) is 1. The molecule has 23 heavy (non-hydrogen) atoms. The Morgan fingerprint density at radius 2 is 1.52 bits per heavy atom. The Morgan fingerprint density at radius 1 is 0.826 bits per heavy atom. The van der Waals surface area contributed by atoms with E-state index in [1.807, 2.05) is 0 Å². The molecule has 1 N–H and O–H groups in total. The van der Waals surface area contributed by atoms with Gasteiger partial charge in [-0.25, -0.2) is 0 Å². The van der Waals surface area contributed by atoms with Gasteiger partial charge in [-0.15, -0.1) is 0 Å². The maximum Gasteiger partial charge on any atom is 0.0839 e. The molecule has 2 heteroatoms. The minimum atomic E-state index is 0.0169. The van der Waals surface area contributed by atoms with Gasteiger partial charge in [0.05, 0.1) is 17.2 Å². The summed E-state index contributed by atoms with van der Waals surface area (Å²) in [6, 6.07) is 22.1. The van der Waals surface area contributed by atoms with Crippen molar-refractivity contribution in [3.63, 3.8) is 0 Å². The predicted molar refractivity (Wildman–Crippen MR) is 95.6 cm³/mol. The number of hydrogen-bond acceptors (Lipinski definition) is 2. The topological polar surface area (TPSA) is 24.4 Å². The van der Waals surface area contributed by atoms with Crippen LogP contribution in [0.1, 0.15) is 55.7 Å². The van der Waals surface area contributed by atoms with Crippen LogP contribution in [0.15, 0.2) is 65.8 Å². The molecule has 0 aromatic heterocycles. The van der Waals surface area contributed by atoms with Crippen molar-refractivity contribution in [3.8, 4) is 0 Å². The highest BCUT2D eigenvalue weighted by Crippen LogP contribution is 2.48. The molecule has 2 aliphatic rings. The quantitative estimate of drug-likeness (QED) is 0.831. The average molecular weight is 304 g/mol. The molecule has 0 spiro atoms. The molecule has 2 aromatic carbocycles. The van der Waals surface area contributed by atoms with Crippen LogP contribution in [-0.2, 0) is 5.41 Å². The standard InChI is InChI=1S/C21H24N2/c1-2-10-16-21(18-13-7-4-8-14-18)19(15-9-1)22-23-20(21)17-11-5-3-6-12-17/h3-8,11-14,20,23H,1-2,9-10,15-16H2. The van der Waals surface area contributed by atoms with Gasteiger partial charge in [0.1, 0.15) is 0 Å². The normalized spacial score (nSPS) is 27.3. The molecule has 1 fully saturated rings. The fraction of sp³-hybridized carbons (Fsp3) is 0.381. The summed E-state index contributed by atoms with van der Waals surface area (Å²) < 4.78 is 0. The molecule has 118 valence electrons. The molecular weight excluding hydrogens is 280 g/mol. The SMILES string of the molecule is c1ccc(C2NN=C3CCCCCCC32c2ccccc2)cc1. The number of hydrogen-bond donors (Lipinski definition) is 1. The second kappa shape index (κ2) is 6.19. The minimum Gasteiger partial charge on any atom is -0.301 e. The van der Waals surface area contributed by atoms with Crippen LogP contribution in [0.25, 0.3) is 0 Å². The third kappa shape index (κ3) is 2.46.